The van der Waals surface area contributed by atoms with Crippen molar-refractivity contribution in [2.45, 2.75) is 26.3 Å². The van der Waals surface area contributed by atoms with Crippen LogP contribution in [-0.4, -0.2) is 19.2 Å². The van der Waals surface area contributed by atoms with Gasteiger partial charge in [0.25, 0.3) is 5.56 Å². The Balaban J connectivity index is 1.84. The maximum absolute atomic E-state index is 12.1. The predicted molar refractivity (Wildman–Crippen MR) is 93.9 cm³/mol. The Morgan fingerprint density at radius 1 is 1.35 bits per heavy atom. The lowest BCUT2D eigenvalue weighted by Crippen LogP contribution is -2.15. The highest BCUT2D eigenvalue weighted by atomic mass is 35.5. The van der Waals surface area contributed by atoms with Gasteiger partial charge in [-0.2, -0.15) is 4.52 Å². The summed E-state index contributed by atoms with van der Waals surface area (Å²) >= 11 is 13.4. The first-order chi connectivity index (χ1) is 11.0. The van der Waals surface area contributed by atoms with Crippen LogP contribution in [0.3, 0.4) is 0 Å². The van der Waals surface area contributed by atoms with Crippen molar-refractivity contribution in [3.8, 4) is 0 Å². The molecule has 0 aliphatic carbocycles. The number of aromatic nitrogens is 4. The van der Waals surface area contributed by atoms with Gasteiger partial charge in [-0.15, -0.1) is 5.10 Å². The Bertz CT molecular complexity index is 914. The molecule has 3 rings (SSSR count). The van der Waals surface area contributed by atoms with Crippen molar-refractivity contribution in [3.63, 3.8) is 0 Å². The second-order valence-corrected chi connectivity index (χ2v) is 6.85. The Morgan fingerprint density at radius 2 is 2.13 bits per heavy atom. The predicted octanol–water partition coefficient (Wildman–Crippen LogP) is 3.36. The molecule has 0 aromatic carbocycles. The van der Waals surface area contributed by atoms with Gasteiger partial charge in [-0.25, -0.2) is 4.98 Å². The highest BCUT2D eigenvalue weighted by Gasteiger charge is 2.11. The monoisotopic (exact) mass is 371 g/mol. The van der Waals surface area contributed by atoms with Gasteiger partial charge in [0, 0.05) is 24.5 Å². The SMILES string of the molecule is CCCc1cc(=O)n2nc(NCc3cc(Cl)c(Cl)n3C)sc2n1. The van der Waals surface area contributed by atoms with E-state index in [-0.39, 0.29) is 5.56 Å². The Labute approximate surface area is 146 Å². The molecular formula is C14H15Cl2N5OS. The van der Waals surface area contributed by atoms with Crippen LogP contribution in [0, 0.1) is 0 Å². The maximum atomic E-state index is 12.1. The quantitative estimate of drug-likeness (QED) is 0.746. The first kappa shape index (κ1) is 16.3. The molecule has 3 aromatic heterocycles. The number of halogens is 2. The zero-order valence-corrected chi connectivity index (χ0v) is 15.0. The molecule has 0 radical (unpaired) electrons. The molecule has 122 valence electrons. The lowest BCUT2D eigenvalue weighted by molar-refractivity contribution is 0.827. The summed E-state index contributed by atoms with van der Waals surface area (Å²) in [7, 11) is 1.84. The van der Waals surface area contributed by atoms with E-state index in [9.17, 15) is 4.79 Å². The zero-order valence-electron chi connectivity index (χ0n) is 12.6. The molecule has 3 aromatic rings. The fraction of sp³-hybridized carbons (Fsp3) is 0.357. The number of rotatable bonds is 5. The van der Waals surface area contributed by atoms with E-state index in [4.69, 9.17) is 23.2 Å². The number of hydrogen-bond acceptors (Lipinski definition) is 5. The molecule has 6 nitrogen and oxygen atoms in total. The number of nitrogens with zero attached hydrogens (tertiary/aromatic N) is 4. The van der Waals surface area contributed by atoms with Gasteiger partial charge in [0.15, 0.2) is 0 Å². The van der Waals surface area contributed by atoms with Crippen molar-refractivity contribution >= 4 is 44.6 Å². The van der Waals surface area contributed by atoms with Gasteiger partial charge in [0.1, 0.15) is 5.15 Å². The molecule has 0 bridgehead atoms. The normalized spacial score (nSPS) is 11.3. The van der Waals surface area contributed by atoms with E-state index < -0.39 is 0 Å². The fourth-order valence-corrected chi connectivity index (χ4v) is 3.47. The average molecular weight is 372 g/mol. The highest BCUT2D eigenvalue weighted by Crippen LogP contribution is 2.26. The molecule has 0 unspecified atom stereocenters. The van der Waals surface area contributed by atoms with Crippen LogP contribution >= 0.6 is 34.5 Å². The standard InChI is InChI=1S/C14H15Cl2N5OS/c1-3-4-8-5-11(22)21-14(18-8)23-13(19-21)17-7-9-6-10(15)12(16)20(9)2/h5-6H,3-4,7H2,1-2H3,(H,17,19). The second-order valence-electron chi connectivity index (χ2n) is 5.12. The smallest absolute Gasteiger partial charge is 0.275 e. The van der Waals surface area contributed by atoms with Crippen LogP contribution in [-0.2, 0) is 20.0 Å². The summed E-state index contributed by atoms with van der Waals surface area (Å²) in [5.74, 6) is 0. The lowest BCUT2D eigenvalue weighted by atomic mass is 10.2. The molecule has 0 spiro atoms. The summed E-state index contributed by atoms with van der Waals surface area (Å²) in [4.78, 5) is 17.1. The van der Waals surface area contributed by atoms with Gasteiger partial charge in [-0.3, -0.25) is 4.79 Å². The Kier molecular flexibility index (Phi) is 4.61. The minimum Gasteiger partial charge on any atom is -0.355 e. The third-order valence-corrected chi connectivity index (χ3v) is 5.15. The van der Waals surface area contributed by atoms with Gasteiger partial charge in [-0.05, 0) is 12.5 Å². The molecule has 0 saturated carbocycles. The van der Waals surface area contributed by atoms with Crippen LogP contribution in [0.25, 0.3) is 4.96 Å². The number of hydrogen-bond donors (Lipinski definition) is 1. The summed E-state index contributed by atoms with van der Waals surface area (Å²) in [5.41, 5.74) is 1.56. The number of anilines is 1. The molecule has 0 amide bonds. The van der Waals surface area contributed by atoms with Crippen molar-refractivity contribution < 1.29 is 0 Å². The van der Waals surface area contributed by atoms with Crippen LogP contribution in [0.4, 0.5) is 5.13 Å². The van der Waals surface area contributed by atoms with Gasteiger partial charge in [0.2, 0.25) is 10.1 Å². The third kappa shape index (κ3) is 3.22. The summed E-state index contributed by atoms with van der Waals surface area (Å²) < 4.78 is 3.12. The van der Waals surface area contributed by atoms with E-state index >= 15 is 0 Å². The van der Waals surface area contributed by atoms with Crippen LogP contribution in [0.15, 0.2) is 16.9 Å². The number of fused-ring (bicyclic) bond motifs is 1. The molecule has 0 atom stereocenters. The Hall–Kier alpha value is -1.57. The van der Waals surface area contributed by atoms with Crippen LogP contribution in [0.5, 0.6) is 0 Å². The van der Waals surface area contributed by atoms with Crippen LogP contribution < -0.4 is 10.9 Å². The van der Waals surface area contributed by atoms with Gasteiger partial charge >= 0.3 is 0 Å². The first-order valence-corrected chi connectivity index (χ1v) is 8.70. The molecule has 0 aliphatic heterocycles. The summed E-state index contributed by atoms with van der Waals surface area (Å²) in [6.45, 7) is 2.55. The van der Waals surface area contributed by atoms with E-state index in [2.05, 4.69) is 22.3 Å². The molecule has 23 heavy (non-hydrogen) atoms. The van der Waals surface area contributed by atoms with Crippen molar-refractivity contribution in [3.05, 3.63) is 44.1 Å². The largest absolute Gasteiger partial charge is 0.355 e. The van der Waals surface area contributed by atoms with E-state index in [1.807, 2.05) is 7.05 Å². The molecule has 0 fully saturated rings. The maximum Gasteiger partial charge on any atom is 0.275 e. The van der Waals surface area contributed by atoms with E-state index in [1.165, 1.54) is 21.9 Å². The number of nitrogens with one attached hydrogen (secondary N) is 1. The van der Waals surface area contributed by atoms with Crippen LogP contribution in [0.1, 0.15) is 24.7 Å². The van der Waals surface area contributed by atoms with Crippen molar-refractivity contribution in [1.29, 1.82) is 0 Å². The molecule has 9 heteroatoms. The minimum atomic E-state index is -0.160. The molecule has 0 aliphatic rings. The lowest BCUT2D eigenvalue weighted by Gasteiger charge is -2.04. The summed E-state index contributed by atoms with van der Waals surface area (Å²) in [6, 6.07) is 3.34. The van der Waals surface area contributed by atoms with Gasteiger partial charge in [0.05, 0.1) is 11.6 Å². The molecular weight excluding hydrogens is 357 g/mol. The van der Waals surface area contributed by atoms with Gasteiger partial charge < -0.3 is 9.88 Å². The Morgan fingerprint density at radius 3 is 2.78 bits per heavy atom. The zero-order chi connectivity index (χ0) is 16.6. The molecule has 0 saturated heterocycles. The van der Waals surface area contributed by atoms with Crippen molar-refractivity contribution in [2.75, 3.05) is 5.32 Å². The average Bonchev–Trinajstić information content (AvgIpc) is 3.03. The first-order valence-electron chi connectivity index (χ1n) is 7.13. The topological polar surface area (TPSA) is 64.2 Å². The fourth-order valence-electron chi connectivity index (χ4n) is 2.24. The van der Waals surface area contributed by atoms with Crippen molar-refractivity contribution in [1.82, 2.24) is 19.2 Å². The van der Waals surface area contributed by atoms with E-state index in [1.54, 1.807) is 10.6 Å². The summed E-state index contributed by atoms with van der Waals surface area (Å²) in [5, 5.41) is 9.07. The summed E-state index contributed by atoms with van der Waals surface area (Å²) in [6.07, 6.45) is 1.73. The second kappa shape index (κ2) is 6.51. The van der Waals surface area contributed by atoms with E-state index in [0.717, 1.165) is 24.2 Å². The van der Waals surface area contributed by atoms with E-state index in [0.29, 0.717) is 26.8 Å². The third-order valence-electron chi connectivity index (χ3n) is 3.44. The van der Waals surface area contributed by atoms with Crippen molar-refractivity contribution in [2.24, 2.45) is 7.05 Å². The molecule has 3 heterocycles. The molecule has 1 N–H and O–H groups in total. The minimum absolute atomic E-state index is 0.160. The highest BCUT2D eigenvalue weighted by molar-refractivity contribution is 7.20. The van der Waals surface area contributed by atoms with Gasteiger partial charge in [-0.1, -0.05) is 47.9 Å². The number of aryl methyl sites for hydroxylation is 1. The van der Waals surface area contributed by atoms with Crippen LogP contribution in [0.2, 0.25) is 10.2 Å².